The van der Waals surface area contributed by atoms with Crippen LogP contribution in [0, 0.1) is 17.5 Å². The molecule has 2 aromatic rings. The van der Waals surface area contributed by atoms with Crippen LogP contribution in [0.1, 0.15) is 12.5 Å². The Labute approximate surface area is 120 Å². The van der Waals surface area contributed by atoms with E-state index in [9.17, 15) is 18.3 Å². The standard InChI is InChI=1S/C15H14F3NO2/c1-2-21-13-5-3-4-9(15(13)20)8-19-12-7-10(16)6-11(17)14(12)18/h3-7,19-20H,2,8H2,1H3. The van der Waals surface area contributed by atoms with Gasteiger partial charge in [0.25, 0.3) is 0 Å². The number of nitrogens with one attached hydrogen (secondary N) is 1. The van der Waals surface area contributed by atoms with E-state index in [0.29, 0.717) is 24.0 Å². The summed E-state index contributed by atoms with van der Waals surface area (Å²) in [5.74, 6) is -3.13. The molecule has 0 heterocycles. The van der Waals surface area contributed by atoms with Gasteiger partial charge in [-0.2, -0.15) is 0 Å². The van der Waals surface area contributed by atoms with Crippen LogP contribution in [0.15, 0.2) is 30.3 Å². The highest BCUT2D eigenvalue weighted by Gasteiger charge is 2.12. The Hall–Kier alpha value is -2.37. The summed E-state index contributed by atoms with van der Waals surface area (Å²) < 4.78 is 44.9. The summed E-state index contributed by atoms with van der Waals surface area (Å²) in [4.78, 5) is 0. The third kappa shape index (κ3) is 3.39. The molecule has 2 aromatic carbocycles. The number of phenols is 1. The van der Waals surface area contributed by atoms with Crippen LogP contribution in [0.25, 0.3) is 0 Å². The molecule has 2 N–H and O–H groups in total. The first-order valence-electron chi connectivity index (χ1n) is 6.35. The fraction of sp³-hybridized carbons (Fsp3) is 0.200. The van der Waals surface area contributed by atoms with Gasteiger partial charge in [0.05, 0.1) is 12.3 Å². The maximum Gasteiger partial charge on any atom is 0.182 e. The molecule has 0 atom stereocenters. The van der Waals surface area contributed by atoms with Gasteiger partial charge in [-0.15, -0.1) is 0 Å². The van der Waals surface area contributed by atoms with E-state index in [2.05, 4.69) is 5.32 Å². The maximum absolute atomic E-state index is 13.5. The number of benzene rings is 2. The number of anilines is 1. The molecule has 0 aromatic heterocycles. The van der Waals surface area contributed by atoms with E-state index >= 15 is 0 Å². The lowest BCUT2D eigenvalue weighted by Crippen LogP contribution is -2.04. The van der Waals surface area contributed by atoms with Crippen molar-refractivity contribution in [3.8, 4) is 11.5 Å². The number of rotatable bonds is 5. The average molecular weight is 297 g/mol. The Balaban J connectivity index is 2.19. The van der Waals surface area contributed by atoms with Gasteiger partial charge in [-0.05, 0) is 13.0 Å². The smallest absolute Gasteiger partial charge is 0.182 e. The molecular formula is C15H14F3NO2. The van der Waals surface area contributed by atoms with E-state index in [0.717, 1.165) is 6.07 Å². The Morgan fingerprint density at radius 2 is 1.95 bits per heavy atom. The van der Waals surface area contributed by atoms with Gasteiger partial charge in [0, 0.05) is 24.2 Å². The zero-order valence-corrected chi connectivity index (χ0v) is 11.3. The molecule has 2 rings (SSSR count). The lowest BCUT2D eigenvalue weighted by atomic mass is 10.1. The highest BCUT2D eigenvalue weighted by atomic mass is 19.2. The van der Waals surface area contributed by atoms with Crippen LogP contribution < -0.4 is 10.1 Å². The number of phenolic OH excluding ortho intramolecular Hbond substituents is 1. The van der Waals surface area contributed by atoms with E-state index in [1.807, 2.05) is 0 Å². The van der Waals surface area contributed by atoms with Gasteiger partial charge in [-0.25, -0.2) is 13.2 Å². The van der Waals surface area contributed by atoms with Crippen LogP contribution in [0.3, 0.4) is 0 Å². The molecule has 0 amide bonds. The van der Waals surface area contributed by atoms with Crippen LogP contribution in [0.5, 0.6) is 11.5 Å². The number of hydrogen-bond donors (Lipinski definition) is 2. The minimum Gasteiger partial charge on any atom is -0.504 e. The van der Waals surface area contributed by atoms with Crippen molar-refractivity contribution in [1.29, 1.82) is 0 Å². The van der Waals surface area contributed by atoms with Crippen molar-refractivity contribution in [2.75, 3.05) is 11.9 Å². The minimum absolute atomic E-state index is 0.00738. The molecule has 0 saturated heterocycles. The van der Waals surface area contributed by atoms with Crippen LogP contribution in [-0.4, -0.2) is 11.7 Å². The first kappa shape index (κ1) is 15.0. The topological polar surface area (TPSA) is 41.5 Å². The summed E-state index contributed by atoms with van der Waals surface area (Å²) in [6, 6.07) is 6.16. The second-order valence-electron chi connectivity index (χ2n) is 4.30. The molecule has 0 fully saturated rings. The molecule has 0 bridgehead atoms. The fourth-order valence-electron chi connectivity index (χ4n) is 1.86. The lowest BCUT2D eigenvalue weighted by Gasteiger charge is -2.12. The molecular weight excluding hydrogens is 283 g/mol. The fourth-order valence-corrected chi connectivity index (χ4v) is 1.86. The molecule has 0 radical (unpaired) electrons. The van der Waals surface area contributed by atoms with E-state index in [4.69, 9.17) is 4.74 Å². The van der Waals surface area contributed by atoms with Crippen LogP contribution in [0.2, 0.25) is 0 Å². The second-order valence-corrected chi connectivity index (χ2v) is 4.30. The molecule has 21 heavy (non-hydrogen) atoms. The summed E-state index contributed by atoms with van der Waals surface area (Å²) in [7, 11) is 0. The summed E-state index contributed by atoms with van der Waals surface area (Å²) in [5, 5.41) is 12.5. The summed E-state index contributed by atoms with van der Waals surface area (Å²) >= 11 is 0. The van der Waals surface area contributed by atoms with E-state index in [-0.39, 0.29) is 18.0 Å². The van der Waals surface area contributed by atoms with Gasteiger partial charge in [0.1, 0.15) is 5.82 Å². The van der Waals surface area contributed by atoms with Gasteiger partial charge in [-0.1, -0.05) is 12.1 Å². The third-order valence-corrected chi connectivity index (χ3v) is 2.84. The number of hydrogen-bond acceptors (Lipinski definition) is 3. The molecule has 0 unspecified atom stereocenters. The van der Waals surface area contributed by atoms with Crippen molar-refractivity contribution in [2.24, 2.45) is 0 Å². The maximum atomic E-state index is 13.5. The largest absolute Gasteiger partial charge is 0.504 e. The first-order valence-corrected chi connectivity index (χ1v) is 6.35. The Morgan fingerprint density at radius 3 is 2.67 bits per heavy atom. The predicted octanol–water partition coefficient (Wildman–Crippen LogP) is 3.82. The SMILES string of the molecule is CCOc1cccc(CNc2cc(F)cc(F)c2F)c1O. The number of para-hydroxylation sites is 1. The highest BCUT2D eigenvalue weighted by Crippen LogP contribution is 2.30. The molecule has 0 saturated carbocycles. The zero-order valence-electron chi connectivity index (χ0n) is 11.3. The van der Waals surface area contributed by atoms with Gasteiger partial charge >= 0.3 is 0 Å². The lowest BCUT2D eigenvalue weighted by molar-refractivity contribution is 0.317. The molecule has 0 spiro atoms. The van der Waals surface area contributed by atoms with Gasteiger partial charge in [0.15, 0.2) is 23.1 Å². The second kappa shape index (κ2) is 6.39. The molecule has 6 heteroatoms. The van der Waals surface area contributed by atoms with Gasteiger partial charge < -0.3 is 15.2 Å². The molecule has 112 valence electrons. The van der Waals surface area contributed by atoms with E-state index in [1.165, 1.54) is 0 Å². The minimum atomic E-state index is -1.27. The summed E-state index contributed by atoms with van der Waals surface area (Å²) in [6.45, 7) is 2.15. The molecule has 0 aliphatic rings. The van der Waals surface area contributed by atoms with E-state index in [1.54, 1.807) is 25.1 Å². The van der Waals surface area contributed by atoms with Gasteiger partial charge in [0.2, 0.25) is 0 Å². The van der Waals surface area contributed by atoms with Crippen molar-refractivity contribution in [3.05, 3.63) is 53.3 Å². The summed E-state index contributed by atoms with van der Waals surface area (Å²) in [5.41, 5.74) is 0.110. The Morgan fingerprint density at radius 1 is 1.19 bits per heavy atom. The van der Waals surface area contributed by atoms with Crippen LogP contribution >= 0.6 is 0 Å². The van der Waals surface area contributed by atoms with E-state index < -0.39 is 17.5 Å². The Kier molecular flexibility index (Phi) is 4.57. The number of ether oxygens (including phenoxy) is 1. The quantitative estimate of drug-likeness (QED) is 0.824. The van der Waals surface area contributed by atoms with Crippen molar-refractivity contribution in [3.63, 3.8) is 0 Å². The normalized spacial score (nSPS) is 10.5. The zero-order chi connectivity index (χ0) is 15.4. The number of aromatic hydroxyl groups is 1. The highest BCUT2D eigenvalue weighted by molar-refractivity contribution is 5.50. The monoisotopic (exact) mass is 297 g/mol. The number of halogens is 3. The predicted molar refractivity (Wildman–Crippen MR) is 72.9 cm³/mol. The summed E-state index contributed by atoms with van der Waals surface area (Å²) in [6.07, 6.45) is 0. The van der Waals surface area contributed by atoms with Crippen LogP contribution in [-0.2, 0) is 6.54 Å². The van der Waals surface area contributed by atoms with Crippen LogP contribution in [0.4, 0.5) is 18.9 Å². The van der Waals surface area contributed by atoms with Gasteiger partial charge in [-0.3, -0.25) is 0 Å². The third-order valence-electron chi connectivity index (χ3n) is 2.84. The Bertz CT molecular complexity index is 647. The molecule has 0 aliphatic carbocycles. The van der Waals surface area contributed by atoms with Crippen molar-refractivity contribution in [1.82, 2.24) is 0 Å². The average Bonchev–Trinajstić information content (AvgIpc) is 2.45. The molecule has 0 aliphatic heterocycles. The van der Waals surface area contributed by atoms with Crippen molar-refractivity contribution in [2.45, 2.75) is 13.5 Å². The van der Waals surface area contributed by atoms with Crippen molar-refractivity contribution < 1.29 is 23.0 Å². The first-order chi connectivity index (χ1) is 10.0. The molecule has 3 nitrogen and oxygen atoms in total. The van der Waals surface area contributed by atoms with Crippen molar-refractivity contribution >= 4 is 5.69 Å².